The highest BCUT2D eigenvalue weighted by Gasteiger charge is 2.13. The molecule has 3 rings (SSSR count). The number of likely N-dealkylation sites (N-methyl/N-ethyl adjacent to an activating group) is 1. The van der Waals surface area contributed by atoms with E-state index in [0.29, 0.717) is 22.9 Å². The maximum atomic E-state index is 12.3. The molecule has 0 aliphatic heterocycles. The van der Waals surface area contributed by atoms with E-state index >= 15 is 0 Å². The average molecular weight is 372 g/mol. The number of rotatable bonds is 5. The summed E-state index contributed by atoms with van der Waals surface area (Å²) in [6.45, 7) is 2.13. The number of carbonyl (C=O) groups excluding carboxylic acids is 1. The Labute approximate surface area is 155 Å². The Bertz CT molecular complexity index is 998. The number of aryl methyl sites for hydroxylation is 1. The molecule has 1 amide bonds. The molecule has 0 unspecified atom stereocenters. The Balaban J connectivity index is 1.71. The first-order valence-electron chi connectivity index (χ1n) is 8.09. The number of hydrogen-bond donors (Lipinski definition) is 0. The molecule has 134 valence electrons. The molecule has 0 saturated carbocycles. The van der Waals surface area contributed by atoms with Crippen LogP contribution in [0.1, 0.15) is 11.1 Å². The first kappa shape index (κ1) is 18.0. The third-order valence-corrected chi connectivity index (χ3v) is 4.34. The molecule has 1 aromatic heterocycles. The van der Waals surface area contributed by atoms with Gasteiger partial charge in [-0.05, 0) is 24.1 Å². The van der Waals surface area contributed by atoms with Gasteiger partial charge in [-0.25, -0.2) is 4.79 Å². The molecule has 26 heavy (non-hydrogen) atoms. The molecule has 0 atom stereocenters. The van der Waals surface area contributed by atoms with Crippen LogP contribution >= 0.6 is 11.6 Å². The van der Waals surface area contributed by atoms with Crippen molar-refractivity contribution in [3.63, 3.8) is 0 Å². The second-order valence-electron chi connectivity index (χ2n) is 6.05. The quantitative estimate of drug-likeness (QED) is 0.640. The largest absolute Gasteiger partial charge is 0.482 e. The van der Waals surface area contributed by atoms with Crippen LogP contribution in [0, 0.1) is 6.92 Å². The van der Waals surface area contributed by atoms with Gasteiger partial charge in [-0.1, -0.05) is 41.9 Å². The first-order valence-corrected chi connectivity index (χ1v) is 8.46. The second-order valence-corrected chi connectivity index (χ2v) is 6.46. The van der Waals surface area contributed by atoms with E-state index in [2.05, 4.69) is 0 Å². The Hall–Kier alpha value is -2.79. The molecule has 3 aromatic rings. The molecule has 0 N–H and O–H groups in total. The minimum absolute atomic E-state index is 0.162. The summed E-state index contributed by atoms with van der Waals surface area (Å²) < 4.78 is 10.7. The molecule has 0 bridgehead atoms. The van der Waals surface area contributed by atoms with Gasteiger partial charge in [-0.2, -0.15) is 0 Å². The highest BCUT2D eigenvalue weighted by molar-refractivity contribution is 6.32. The van der Waals surface area contributed by atoms with E-state index in [1.165, 1.54) is 12.1 Å². The van der Waals surface area contributed by atoms with E-state index < -0.39 is 5.63 Å². The van der Waals surface area contributed by atoms with Gasteiger partial charge < -0.3 is 14.1 Å². The fourth-order valence-electron chi connectivity index (χ4n) is 2.63. The van der Waals surface area contributed by atoms with Gasteiger partial charge in [-0.3, -0.25) is 4.79 Å². The minimum atomic E-state index is -0.443. The van der Waals surface area contributed by atoms with Crippen molar-refractivity contribution in [2.75, 3.05) is 13.7 Å². The van der Waals surface area contributed by atoms with Gasteiger partial charge in [0.1, 0.15) is 11.3 Å². The van der Waals surface area contributed by atoms with Crippen molar-refractivity contribution in [3.8, 4) is 5.75 Å². The van der Waals surface area contributed by atoms with Crippen LogP contribution in [-0.4, -0.2) is 24.5 Å². The van der Waals surface area contributed by atoms with Gasteiger partial charge >= 0.3 is 5.63 Å². The van der Waals surface area contributed by atoms with Crippen molar-refractivity contribution < 1.29 is 13.9 Å². The zero-order chi connectivity index (χ0) is 18.7. The summed E-state index contributed by atoms with van der Waals surface area (Å²) in [7, 11) is 1.71. The summed E-state index contributed by atoms with van der Waals surface area (Å²) in [5, 5.41) is 1.09. The minimum Gasteiger partial charge on any atom is -0.482 e. The lowest BCUT2D eigenvalue weighted by atomic mass is 10.1. The Kier molecular flexibility index (Phi) is 5.28. The van der Waals surface area contributed by atoms with E-state index in [-0.39, 0.29) is 12.5 Å². The van der Waals surface area contributed by atoms with Crippen LogP contribution in [0.25, 0.3) is 11.0 Å². The van der Waals surface area contributed by atoms with E-state index in [9.17, 15) is 9.59 Å². The van der Waals surface area contributed by atoms with Crippen molar-refractivity contribution in [2.45, 2.75) is 13.5 Å². The van der Waals surface area contributed by atoms with E-state index in [1.54, 1.807) is 24.9 Å². The van der Waals surface area contributed by atoms with E-state index in [1.807, 2.05) is 30.3 Å². The van der Waals surface area contributed by atoms with Crippen LogP contribution in [0.3, 0.4) is 0 Å². The standard InChI is InChI=1S/C20H18ClNO4/c1-13-8-20(24)26-17-10-18(16(21)9-15(13)17)25-12-19(23)22(2)11-14-6-4-3-5-7-14/h3-10H,11-12H2,1-2H3. The maximum absolute atomic E-state index is 12.3. The van der Waals surface area contributed by atoms with Crippen LogP contribution in [-0.2, 0) is 11.3 Å². The normalized spacial score (nSPS) is 10.7. The van der Waals surface area contributed by atoms with Crippen molar-refractivity contribution >= 4 is 28.5 Å². The molecule has 2 aromatic carbocycles. The van der Waals surface area contributed by atoms with Crippen LogP contribution < -0.4 is 10.4 Å². The highest BCUT2D eigenvalue weighted by Crippen LogP contribution is 2.31. The van der Waals surface area contributed by atoms with Crippen LogP contribution in [0.5, 0.6) is 5.75 Å². The van der Waals surface area contributed by atoms with Gasteiger partial charge in [-0.15, -0.1) is 0 Å². The molecule has 6 heteroatoms. The van der Waals surface area contributed by atoms with Gasteiger partial charge in [0.25, 0.3) is 5.91 Å². The number of fused-ring (bicyclic) bond motifs is 1. The summed E-state index contributed by atoms with van der Waals surface area (Å²) in [5.74, 6) is 0.116. The number of benzene rings is 2. The molecule has 0 radical (unpaired) electrons. The number of ether oxygens (including phenoxy) is 1. The molecule has 0 saturated heterocycles. The highest BCUT2D eigenvalue weighted by atomic mass is 35.5. The lowest BCUT2D eigenvalue weighted by Gasteiger charge is -2.18. The van der Waals surface area contributed by atoms with Gasteiger partial charge in [0, 0.05) is 31.1 Å². The van der Waals surface area contributed by atoms with E-state index in [4.69, 9.17) is 20.8 Å². The average Bonchev–Trinajstić information content (AvgIpc) is 2.61. The molecular weight excluding hydrogens is 354 g/mol. The third-order valence-electron chi connectivity index (χ3n) is 4.04. The predicted octanol–water partition coefficient (Wildman–Crippen LogP) is 3.79. The van der Waals surface area contributed by atoms with Gasteiger partial charge in [0.2, 0.25) is 0 Å². The molecule has 0 fully saturated rings. The van der Waals surface area contributed by atoms with E-state index in [0.717, 1.165) is 16.5 Å². The monoisotopic (exact) mass is 371 g/mol. The Morgan fingerprint density at radius 2 is 1.92 bits per heavy atom. The van der Waals surface area contributed by atoms with Crippen molar-refractivity contribution in [1.82, 2.24) is 4.90 Å². The number of hydrogen-bond acceptors (Lipinski definition) is 4. The zero-order valence-corrected chi connectivity index (χ0v) is 15.2. The SMILES string of the molecule is Cc1cc(=O)oc2cc(OCC(=O)N(C)Cc3ccccc3)c(Cl)cc12. The predicted molar refractivity (Wildman–Crippen MR) is 101 cm³/mol. The van der Waals surface area contributed by atoms with Crippen LogP contribution in [0.4, 0.5) is 0 Å². The van der Waals surface area contributed by atoms with Gasteiger partial charge in [0.05, 0.1) is 5.02 Å². The fourth-order valence-corrected chi connectivity index (χ4v) is 2.84. The van der Waals surface area contributed by atoms with Crippen LogP contribution in [0.2, 0.25) is 5.02 Å². The molecule has 0 spiro atoms. The molecular formula is C20H18ClNO4. The fraction of sp³-hybridized carbons (Fsp3) is 0.200. The summed E-state index contributed by atoms with van der Waals surface area (Å²) in [5.41, 5.74) is 1.73. The van der Waals surface area contributed by atoms with Gasteiger partial charge in [0.15, 0.2) is 6.61 Å². The molecule has 5 nitrogen and oxygen atoms in total. The second kappa shape index (κ2) is 7.62. The number of amides is 1. The smallest absolute Gasteiger partial charge is 0.336 e. The third kappa shape index (κ3) is 4.06. The molecule has 1 heterocycles. The molecule has 0 aliphatic rings. The number of halogens is 1. The summed E-state index contributed by atoms with van der Waals surface area (Å²) in [6, 6.07) is 14.3. The first-order chi connectivity index (χ1) is 12.4. The van der Waals surface area contributed by atoms with Crippen molar-refractivity contribution in [2.24, 2.45) is 0 Å². The Morgan fingerprint density at radius 3 is 2.65 bits per heavy atom. The van der Waals surface area contributed by atoms with Crippen LogP contribution in [0.15, 0.2) is 57.7 Å². The lowest BCUT2D eigenvalue weighted by molar-refractivity contribution is -0.132. The summed E-state index contributed by atoms with van der Waals surface area (Å²) in [6.07, 6.45) is 0. The van der Waals surface area contributed by atoms with Crippen molar-refractivity contribution in [3.05, 3.63) is 75.1 Å². The topological polar surface area (TPSA) is 59.8 Å². The number of carbonyl (C=O) groups is 1. The zero-order valence-electron chi connectivity index (χ0n) is 14.5. The summed E-state index contributed by atoms with van der Waals surface area (Å²) >= 11 is 6.24. The summed E-state index contributed by atoms with van der Waals surface area (Å²) in [4.78, 5) is 25.4. The number of nitrogens with zero attached hydrogens (tertiary/aromatic N) is 1. The van der Waals surface area contributed by atoms with Crippen molar-refractivity contribution in [1.29, 1.82) is 0 Å². The lowest BCUT2D eigenvalue weighted by Crippen LogP contribution is -2.30. The molecule has 0 aliphatic carbocycles. The maximum Gasteiger partial charge on any atom is 0.336 e. The Morgan fingerprint density at radius 1 is 1.19 bits per heavy atom.